The van der Waals surface area contributed by atoms with Gasteiger partial charge in [-0.05, 0) is 19.3 Å². The molecule has 1 aliphatic heterocycles. The number of carbonyl (C=O) groups is 1. The van der Waals surface area contributed by atoms with Crippen molar-refractivity contribution >= 4 is 6.29 Å². The molecule has 0 amide bonds. The largest absolute Gasteiger partial charge is 0.381 e. The van der Waals surface area contributed by atoms with E-state index in [1.165, 1.54) is 0 Å². The third kappa shape index (κ3) is 2.09. The first-order chi connectivity index (χ1) is 5.83. The third-order valence-corrected chi connectivity index (χ3v) is 2.51. The van der Waals surface area contributed by atoms with Gasteiger partial charge in [0.2, 0.25) is 0 Å². The van der Waals surface area contributed by atoms with E-state index in [4.69, 9.17) is 11.2 Å². The van der Waals surface area contributed by atoms with Gasteiger partial charge in [-0.15, -0.1) is 12.3 Å². The zero-order chi connectivity index (χ0) is 8.86. The lowest BCUT2D eigenvalue weighted by molar-refractivity contribution is -0.121. The molecule has 0 aromatic rings. The van der Waals surface area contributed by atoms with Crippen molar-refractivity contribution in [3.8, 4) is 12.3 Å². The van der Waals surface area contributed by atoms with Crippen molar-refractivity contribution < 1.29 is 9.53 Å². The Morgan fingerprint density at radius 1 is 1.50 bits per heavy atom. The second kappa shape index (κ2) is 4.27. The predicted molar refractivity (Wildman–Crippen MR) is 46.6 cm³/mol. The monoisotopic (exact) mass is 166 g/mol. The standard InChI is InChI=1S/C10H14O2/c1-2-3-4-10(9-11)5-7-12-8-6-10/h1,9H,3-8H2. The van der Waals surface area contributed by atoms with Gasteiger partial charge in [0, 0.05) is 25.0 Å². The summed E-state index contributed by atoms with van der Waals surface area (Å²) in [7, 11) is 0. The highest BCUT2D eigenvalue weighted by atomic mass is 16.5. The van der Waals surface area contributed by atoms with Gasteiger partial charge in [0.05, 0.1) is 0 Å². The van der Waals surface area contributed by atoms with Crippen LogP contribution in [0.3, 0.4) is 0 Å². The van der Waals surface area contributed by atoms with E-state index < -0.39 is 0 Å². The van der Waals surface area contributed by atoms with Gasteiger partial charge in [-0.1, -0.05) is 0 Å². The van der Waals surface area contributed by atoms with Crippen LogP contribution in [0.2, 0.25) is 0 Å². The molecule has 0 atom stereocenters. The second-order valence-corrected chi connectivity index (χ2v) is 3.30. The highest BCUT2D eigenvalue weighted by Crippen LogP contribution is 2.32. The minimum Gasteiger partial charge on any atom is -0.381 e. The number of ether oxygens (including phenoxy) is 1. The number of aldehydes is 1. The van der Waals surface area contributed by atoms with Crippen LogP contribution >= 0.6 is 0 Å². The van der Waals surface area contributed by atoms with Crippen LogP contribution in [0.4, 0.5) is 0 Å². The molecule has 1 aliphatic rings. The Bertz CT molecular complexity index is 185. The summed E-state index contributed by atoms with van der Waals surface area (Å²) in [6, 6.07) is 0. The van der Waals surface area contributed by atoms with Gasteiger partial charge >= 0.3 is 0 Å². The van der Waals surface area contributed by atoms with Crippen LogP contribution < -0.4 is 0 Å². The van der Waals surface area contributed by atoms with Crippen LogP contribution in [0.1, 0.15) is 25.7 Å². The molecular formula is C10H14O2. The molecule has 0 saturated carbocycles. The van der Waals surface area contributed by atoms with E-state index in [-0.39, 0.29) is 5.41 Å². The molecule has 0 spiro atoms. The molecule has 1 heterocycles. The quantitative estimate of drug-likeness (QED) is 0.468. The lowest BCUT2D eigenvalue weighted by Crippen LogP contribution is -2.30. The molecule has 0 bridgehead atoms. The van der Waals surface area contributed by atoms with Gasteiger partial charge in [0.15, 0.2) is 0 Å². The van der Waals surface area contributed by atoms with Crippen molar-refractivity contribution in [3.63, 3.8) is 0 Å². The van der Waals surface area contributed by atoms with E-state index in [0.717, 1.165) is 25.5 Å². The van der Waals surface area contributed by atoms with Gasteiger partial charge in [-0.3, -0.25) is 0 Å². The topological polar surface area (TPSA) is 26.3 Å². The van der Waals surface area contributed by atoms with Crippen LogP contribution in [0.25, 0.3) is 0 Å². The Hall–Kier alpha value is -0.810. The minimum absolute atomic E-state index is 0.176. The van der Waals surface area contributed by atoms with Crippen LogP contribution in [0.15, 0.2) is 0 Å². The molecule has 0 aromatic heterocycles. The van der Waals surface area contributed by atoms with Gasteiger partial charge in [0.25, 0.3) is 0 Å². The van der Waals surface area contributed by atoms with E-state index in [9.17, 15) is 4.79 Å². The fraction of sp³-hybridized carbons (Fsp3) is 0.700. The Morgan fingerprint density at radius 3 is 2.67 bits per heavy atom. The lowest BCUT2D eigenvalue weighted by Gasteiger charge is -2.31. The zero-order valence-corrected chi connectivity index (χ0v) is 7.21. The fourth-order valence-corrected chi connectivity index (χ4v) is 1.53. The van der Waals surface area contributed by atoms with Crippen LogP contribution in [0.5, 0.6) is 0 Å². The first-order valence-corrected chi connectivity index (χ1v) is 4.30. The summed E-state index contributed by atoms with van der Waals surface area (Å²) >= 11 is 0. The molecule has 0 aliphatic carbocycles. The zero-order valence-electron chi connectivity index (χ0n) is 7.21. The van der Waals surface area contributed by atoms with Gasteiger partial charge in [-0.25, -0.2) is 0 Å². The van der Waals surface area contributed by atoms with Gasteiger partial charge in [0.1, 0.15) is 6.29 Å². The molecule has 0 N–H and O–H groups in total. The summed E-state index contributed by atoms with van der Waals surface area (Å²) in [5, 5.41) is 0. The molecule has 1 fully saturated rings. The summed E-state index contributed by atoms with van der Waals surface area (Å²) in [6.07, 6.45) is 9.40. The normalized spacial score (nSPS) is 21.2. The van der Waals surface area contributed by atoms with Crippen molar-refractivity contribution in [3.05, 3.63) is 0 Å². The van der Waals surface area contributed by atoms with E-state index in [1.807, 2.05) is 0 Å². The second-order valence-electron chi connectivity index (χ2n) is 3.30. The molecule has 2 heteroatoms. The average Bonchev–Trinajstić information content (AvgIpc) is 2.16. The molecule has 1 saturated heterocycles. The van der Waals surface area contributed by atoms with Crippen LogP contribution in [0, 0.1) is 17.8 Å². The van der Waals surface area contributed by atoms with Crippen molar-refractivity contribution in [1.29, 1.82) is 0 Å². The Labute approximate surface area is 73.3 Å². The fourth-order valence-electron chi connectivity index (χ4n) is 1.53. The van der Waals surface area contributed by atoms with Crippen LogP contribution in [-0.4, -0.2) is 19.5 Å². The molecule has 66 valence electrons. The number of rotatable bonds is 3. The summed E-state index contributed by atoms with van der Waals surface area (Å²) < 4.78 is 5.20. The first kappa shape index (κ1) is 9.28. The lowest BCUT2D eigenvalue weighted by atomic mass is 9.78. The third-order valence-electron chi connectivity index (χ3n) is 2.51. The first-order valence-electron chi connectivity index (χ1n) is 4.30. The van der Waals surface area contributed by atoms with Crippen molar-refractivity contribution in [2.75, 3.05) is 13.2 Å². The van der Waals surface area contributed by atoms with E-state index in [0.29, 0.717) is 19.6 Å². The Kier molecular flexibility index (Phi) is 3.31. The number of carbonyl (C=O) groups excluding carboxylic acids is 1. The maximum atomic E-state index is 10.9. The molecule has 12 heavy (non-hydrogen) atoms. The van der Waals surface area contributed by atoms with Crippen molar-refractivity contribution in [2.24, 2.45) is 5.41 Å². The highest BCUT2D eigenvalue weighted by Gasteiger charge is 2.31. The Balaban J connectivity index is 2.49. The summed E-state index contributed by atoms with van der Waals surface area (Å²) in [4.78, 5) is 10.9. The summed E-state index contributed by atoms with van der Waals surface area (Å²) in [6.45, 7) is 1.40. The molecule has 0 unspecified atom stereocenters. The Morgan fingerprint density at radius 2 is 2.17 bits per heavy atom. The van der Waals surface area contributed by atoms with Crippen molar-refractivity contribution in [1.82, 2.24) is 0 Å². The van der Waals surface area contributed by atoms with Gasteiger partial charge < -0.3 is 9.53 Å². The maximum Gasteiger partial charge on any atom is 0.126 e. The average molecular weight is 166 g/mol. The maximum absolute atomic E-state index is 10.9. The van der Waals surface area contributed by atoms with Crippen LogP contribution in [-0.2, 0) is 9.53 Å². The summed E-state index contributed by atoms with van der Waals surface area (Å²) in [5.41, 5.74) is -0.176. The predicted octanol–water partition coefficient (Wildman–Crippen LogP) is 1.40. The van der Waals surface area contributed by atoms with E-state index in [1.54, 1.807) is 0 Å². The number of hydrogen-bond donors (Lipinski definition) is 0. The van der Waals surface area contributed by atoms with Gasteiger partial charge in [-0.2, -0.15) is 0 Å². The van der Waals surface area contributed by atoms with E-state index in [2.05, 4.69) is 5.92 Å². The number of terminal acetylenes is 1. The van der Waals surface area contributed by atoms with Crippen molar-refractivity contribution in [2.45, 2.75) is 25.7 Å². The smallest absolute Gasteiger partial charge is 0.126 e. The summed E-state index contributed by atoms with van der Waals surface area (Å²) in [5.74, 6) is 2.57. The molecule has 0 aromatic carbocycles. The molecule has 0 radical (unpaired) electrons. The minimum atomic E-state index is -0.176. The molecule has 1 rings (SSSR count). The number of hydrogen-bond acceptors (Lipinski definition) is 2. The highest BCUT2D eigenvalue weighted by molar-refractivity contribution is 5.59. The van der Waals surface area contributed by atoms with E-state index >= 15 is 0 Å². The molecular weight excluding hydrogens is 152 g/mol. The SMILES string of the molecule is C#CCCC1(C=O)CCOCC1. The molecule has 2 nitrogen and oxygen atoms in total.